The van der Waals surface area contributed by atoms with Gasteiger partial charge in [-0.15, -0.1) is 0 Å². The van der Waals surface area contributed by atoms with Crippen molar-refractivity contribution in [2.75, 3.05) is 33.8 Å². The molecular weight excluding hydrogens is 508 g/mol. The first-order chi connectivity index (χ1) is 17.0. The molecule has 7 heteroatoms. The molecule has 4 rings (SSSR count). The lowest BCUT2D eigenvalue weighted by Crippen LogP contribution is -2.25. The number of ether oxygens (including phenoxy) is 2. The molecule has 0 aromatic heterocycles. The number of hydrogen-bond acceptors (Lipinski definition) is 5. The number of allylic oxidation sites excluding steroid dienone is 1. The predicted molar refractivity (Wildman–Crippen MR) is 141 cm³/mol. The second-order valence-electron chi connectivity index (χ2n) is 8.83. The van der Waals surface area contributed by atoms with Crippen molar-refractivity contribution in [2.24, 2.45) is 0 Å². The molecule has 2 aromatic carbocycles. The highest BCUT2D eigenvalue weighted by Crippen LogP contribution is 2.38. The van der Waals surface area contributed by atoms with E-state index in [2.05, 4.69) is 38.3 Å². The summed E-state index contributed by atoms with van der Waals surface area (Å²) >= 11 is 3.82. The molecular formula is C28H31BrN2O4. The van der Waals surface area contributed by atoms with Crippen molar-refractivity contribution >= 4 is 33.4 Å². The number of hydrogen-bond donors (Lipinski definition) is 1. The molecule has 2 aromatic rings. The third-order valence-electron chi connectivity index (χ3n) is 6.46. The van der Waals surface area contributed by atoms with Crippen LogP contribution in [0.3, 0.4) is 0 Å². The molecule has 35 heavy (non-hydrogen) atoms. The summed E-state index contributed by atoms with van der Waals surface area (Å²) in [5.41, 5.74) is 5.17. The lowest BCUT2D eigenvalue weighted by molar-refractivity contribution is -0.116. The molecule has 1 saturated heterocycles. The lowest BCUT2D eigenvalue weighted by atomic mass is 9.92. The first kappa shape index (κ1) is 25.2. The third kappa shape index (κ3) is 6.21. The van der Waals surface area contributed by atoms with Crippen LogP contribution in [-0.2, 0) is 16.0 Å². The smallest absolute Gasteiger partial charge is 0.337 e. The molecule has 1 atom stereocenters. The molecule has 0 saturated carbocycles. The molecule has 184 valence electrons. The van der Waals surface area contributed by atoms with Crippen LogP contribution < -0.4 is 10.1 Å². The second kappa shape index (κ2) is 11.7. The third-order valence-corrected chi connectivity index (χ3v) is 7.26. The molecule has 1 N–H and O–H groups in total. The van der Waals surface area contributed by atoms with Gasteiger partial charge in [0.25, 0.3) is 0 Å². The van der Waals surface area contributed by atoms with E-state index in [1.165, 1.54) is 11.6 Å². The zero-order chi connectivity index (χ0) is 24.8. The standard InChI is InChI=1S/C28H31BrN2O4/c1-30-26(32)7-4-15-31-16-14-23(18-31)35-22-11-8-19(9-12-22)27-24-13-10-21(28(33)34-2)17-20(24)5-3-6-25(27)29/h4,7-13,17,23H,3,5-6,14-16,18H2,1-2H3,(H,30,32)/b7-4+/t23-/m0/s1. The number of carbonyl (C=O) groups excluding carboxylic acids is 2. The van der Waals surface area contributed by atoms with Crippen molar-refractivity contribution in [3.63, 3.8) is 0 Å². The number of amides is 1. The van der Waals surface area contributed by atoms with Crippen molar-refractivity contribution in [1.29, 1.82) is 0 Å². The van der Waals surface area contributed by atoms with Crippen molar-refractivity contribution in [1.82, 2.24) is 10.2 Å². The van der Waals surface area contributed by atoms with Crippen LogP contribution in [0, 0.1) is 0 Å². The summed E-state index contributed by atoms with van der Waals surface area (Å²) in [7, 11) is 3.04. The monoisotopic (exact) mass is 538 g/mol. The Kier molecular flexibility index (Phi) is 8.42. The summed E-state index contributed by atoms with van der Waals surface area (Å²) in [6.45, 7) is 2.53. The number of halogens is 1. The molecule has 0 radical (unpaired) electrons. The SMILES string of the molecule is CNC(=O)/C=C/CN1CC[C@H](Oc2ccc(C3=C(Br)CCCc4cc(C(=O)OC)ccc43)cc2)C1. The number of carbonyl (C=O) groups is 2. The van der Waals surface area contributed by atoms with Gasteiger partial charge in [0.1, 0.15) is 11.9 Å². The van der Waals surface area contributed by atoms with Crippen LogP contribution in [0.2, 0.25) is 0 Å². The van der Waals surface area contributed by atoms with Gasteiger partial charge >= 0.3 is 5.97 Å². The van der Waals surface area contributed by atoms with E-state index in [1.807, 2.05) is 36.4 Å². The fraction of sp³-hybridized carbons (Fsp3) is 0.357. The van der Waals surface area contributed by atoms with E-state index in [0.29, 0.717) is 5.56 Å². The molecule has 6 nitrogen and oxygen atoms in total. The molecule has 1 amide bonds. The van der Waals surface area contributed by atoms with Crippen LogP contribution in [0.15, 0.2) is 59.1 Å². The van der Waals surface area contributed by atoms with Gasteiger partial charge in [-0.25, -0.2) is 4.79 Å². The number of rotatable bonds is 7. The second-order valence-corrected chi connectivity index (χ2v) is 9.78. The average molecular weight is 539 g/mol. The largest absolute Gasteiger partial charge is 0.489 e. The van der Waals surface area contributed by atoms with E-state index in [4.69, 9.17) is 9.47 Å². The van der Waals surface area contributed by atoms with Gasteiger partial charge in [-0.1, -0.05) is 40.2 Å². The first-order valence-electron chi connectivity index (χ1n) is 12.0. The summed E-state index contributed by atoms with van der Waals surface area (Å²) in [6.07, 6.45) is 7.43. The van der Waals surface area contributed by atoms with Gasteiger partial charge in [-0.2, -0.15) is 0 Å². The quantitative estimate of drug-likeness (QED) is 0.408. The Labute approximate surface area is 215 Å². The number of benzene rings is 2. The van der Waals surface area contributed by atoms with Crippen LogP contribution in [0.25, 0.3) is 5.57 Å². The van der Waals surface area contributed by atoms with E-state index >= 15 is 0 Å². The molecule has 0 bridgehead atoms. The van der Waals surface area contributed by atoms with Gasteiger partial charge in [0.2, 0.25) is 5.91 Å². The average Bonchev–Trinajstić information content (AvgIpc) is 3.24. The fourth-order valence-electron chi connectivity index (χ4n) is 4.65. The van der Waals surface area contributed by atoms with Gasteiger partial charge in [-0.3, -0.25) is 9.69 Å². The minimum atomic E-state index is -0.309. The fourth-order valence-corrected chi connectivity index (χ4v) is 5.37. The van der Waals surface area contributed by atoms with Crippen LogP contribution in [0.1, 0.15) is 46.3 Å². The van der Waals surface area contributed by atoms with Gasteiger partial charge in [-0.05, 0) is 72.2 Å². The molecule has 0 unspecified atom stereocenters. The van der Waals surface area contributed by atoms with E-state index < -0.39 is 0 Å². The summed E-state index contributed by atoms with van der Waals surface area (Å²) in [5.74, 6) is 0.461. The van der Waals surface area contributed by atoms with Crippen molar-refractivity contribution in [3.05, 3.63) is 81.4 Å². The zero-order valence-electron chi connectivity index (χ0n) is 20.2. The van der Waals surface area contributed by atoms with Crippen molar-refractivity contribution in [2.45, 2.75) is 31.8 Å². The van der Waals surface area contributed by atoms with Crippen LogP contribution in [-0.4, -0.2) is 56.7 Å². The molecule has 1 fully saturated rings. The Morgan fingerprint density at radius 1 is 1.17 bits per heavy atom. The molecule has 1 heterocycles. The van der Waals surface area contributed by atoms with Crippen LogP contribution in [0.4, 0.5) is 0 Å². The van der Waals surface area contributed by atoms with E-state index in [9.17, 15) is 9.59 Å². The van der Waals surface area contributed by atoms with Crippen molar-refractivity contribution < 1.29 is 19.1 Å². The highest BCUT2D eigenvalue weighted by atomic mass is 79.9. The first-order valence-corrected chi connectivity index (χ1v) is 12.8. The van der Waals surface area contributed by atoms with Crippen LogP contribution >= 0.6 is 15.9 Å². The zero-order valence-corrected chi connectivity index (χ0v) is 21.8. The van der Waals surface area contributed by atoms with Gasteiger partial charge < -0.3 is 14.8 Å². The number of aryl methyl sites for hydroxylation is 1. The van der Waals surface area contributed by atoms with Crippen molar-refractivity contribution in [3.8, 4) is 5.75 Å². The van der Waals surface area contributed by atoms with Crippen LogP contribution in [0.5, 0.6) is 5.75 Å². The Balaban J connectivity index is 1.45. The summed E-state index contributed by atoms with van der Waals surface area (Å²) in [5, 5.41) is 2.59. The Bertz CT molecular complexity index is 1140. The number of likely N-dealkylation sites (N-methyl/N-ethyl adjacent to an activating group) is 1. The molecule has 1 aliphatic heterocycles. The Hall–Kier alpha value is -2.90. The Morgan fingerprint density at radius 2 is 1.97 bits per heavy atom. The normalized spacial score (nSPS) is 18.3. The molecule has 1 aliphatic carbocycles. The number of nitrogens with one attached hydrogen (secondary N) is 1. The summed E-state index contributed by atoms with van der Waals surface area (Å²) in [4.78, 5) is 25.6. The minimum absolute atomic E-state index is 0.0842. The van der Waals surface area contributed by atoms with E-state index in [0.717, 1.165) is 73.3 Å². The maximum Gasteiger partial charge on any atom is 0.337 e. The highest BCUT2D eigenvalue weighted by Gasteiger charge is 2.24. The number of fused-ring (bicyclic) bond motifs is 1. The topological polar surface area (TPSA) is 67.9 Å². The highest BCUT2D eigenvalue weighted by molar-refractivity contribution is 9.11. The minimum Gasteiger partial charge on any atom is -0.489 e. The number of likely N-dealkylation sites (tertiary alicyclic amines) is 1. The number of methoxy groups -OCH3 is 1. The summed E-state index contributed by atoms with van der Waals surface area (Å²) < 4.78 is 12.3. The summed E-state index contributed by atoms with van der Waals surface area (Å²) in [6, 6.07) is 14.1. The molecule has 2 aliphatic rings. The Morgan fingerprint density at radius 3 is 2.71 bits per heavy atom. The van der Waals surface area contributed by atoms with Gasteiger partial charge in [0, 0.05) is 37.2 Å². The van der Waals surface area contributed by atoms with E-state index in [1.54, 1.807) is 13.1 Å². The number of nitrogens with zero attached hydrogens (tertiary/aromatic N) is 1. The molecule has 0 spiro atoms. The van der Waals surface area contributed by atoms with E-state index in [-0.39, 0.29) is 18.0 Å². The lowest BCUT2D eigenvalue weighted by Gasteiger charge is -2.17. The van der Waals surface area contributed by atoms with Gasteiger partial charge in [0.05, 0.1) is 12.7 Å². The maximum atomic E-state index is 12.0. The number of esters is 1. The van der Waals surface area contributed by atoms with Gasteiger partial charge in [0.15, 0.2) is 0 Å². The maximum absolute atomic E-state index is 12.0. The predicted octanol–water partition coefficient (Wildman–Crippen LogP) is 4.72.